The summed E-state index contributed by atoms with van der Waals surface area (Å²) in [6.45, 7) is 6.21. The highest BCUT2D eigenvalue weighted by Crippen LogP contribution is 1.86. The molecule has 0 aliphatic carbocycles. The lowest BCUT2D eigenvalue weighted by atomic mass is 10.3. The molecule has 0 aromatic rings. The van der Waals surface area contributed by atoms with Gasteiger partial charge in [-0.2, -0.15) is 0 Å². The van der Waals surface area contributed by atoms with Crippen LogP contribution in [-0.4, -0.2) is 24.6 Å². The Hall–Kier alpha value is -1.19. The van der Waals surface area contributed by atoms with Crippen LogP contribution in [0.4, 0.5) is 0 Å². The van der Waals surface area contributed by atoms with E-state index in [2.05, 4.69) is 11.7 Å². The first-order valence-corrected chi connectivity index (χ1v) is 3.46. The largest absolute Gasteiger partial charge is 0.466 e. The van der Waals surface area contributed by atoms with Crippen LogP contribution in [0.1, 0.15) is 20.3 Å². The summed E-state index contributed by atoms with van der Waals surface area (Å²) in [4.78, 5) is 29.3. The molecule has 0 saturated carbocycles. The van der Waals surface area contributed by atoms with Crippen LogP contribution in [-0.2, 0) is 19.1 Å². The van der Waals surface area contributed by atoms with E-state index in [0.717, 1.165) is 0 Å². The summed E-state index contributed by atoms with van der Waals surface area (Å²) in [5.41, 5.74) is 0. The molecule has 0 N–H and O–H groups in total. The van der Waals surface area contributed by atoms with E-state index in [1.54, 1.807) is 6.92 Å². The highest BCUT2D eigenvalue weighted by Gasteiger charge is 2.03. The van der Waals surface area contributed by atoms with Crippen molar-refractivity contribution in [2.45, 2.75) is 20.3 Å². The maximum absolute atomic E-state index is 10.4. The van der Waals surface area contributed by atoms with Gasteiger partial charge in [0, 0.05) is 6.92 Å². The van der Waals surface area contributed by atoms with Crippen LogP contribution < -0.4 is 0 Å². The Morgan fingerprint density at radius 2 is 1.92 bits per heavy atom. The molecule has 0 aliphatic rings. The fourth-order valence-corrected chi connectivity index (χ4v) is 0.415. The van der Waals surface area contributed by atoms with Crippen molar-refractivity contribution in [1.29, 1.82) is 0 Å². The SMILES string of the molecule is CCOC(=O)CC(C)=O.[CH2]C=O. The number of aldehydes is 1. The Kier molecular flexibility index (Phi) is 11.0. The quantitative estimate of drug-likeness (QED) is 0.355. The van der Waals surface area contributed by atoms with Crippen LogP contribution >= 0.6 is 0 Å². The minimum atomic E-state index is -0.440. The number of hydrogen-bond acceptors (Lipinski definition) is 4. The summed E-state index contributed by atoms with van der Waals surface area (Å²) < 4.78 is 4.49. The standard InChI is InChI=1S/C6H10O3.C2H3O/c1-3-9-6(8)4-5(2)7;1-2-3/h3-4H2,1-2H3;2H,1H2. The predicted molar refractivity (Wildman–Crippen MR) is 43.4 cm³/mol. The average Bonchev–Trinajstić information content (AvgIpc) is 1.87. The van der Waals surface area contributed by atoms with Gasteiger partial charge in [0.2, 0.25) is 0 Å². The maximum atomic E-state index is 10.4. The smallest absolute Gasteiger partial charge is 0.313 e. The minimum absolute atomic E-state index is 0.103. The fraction of sp³-hybridized carbons (Fsp3) is 0.500. The summed E-state index contributed by atoms with van der Waals surface area (Å²) in [6, 6.07) is 0. The van der Waals surface area contributed by atoms with Gasteiger partial charge < -0.3 is 9.53 Å². The molecule has 0 aromatic heterocycles. The summed E-state index contributed by atoms with van der Waals surface area (Å²) in [6.07, 6.45) is 0.397. The predicted octanol–water partition coefficient (Wildman–Crippen LogP) is 0.548. The lowest BCUT2D eigenvalue weighted by Gasteiger charge is -1.96. The minimum Gasteiger partial charge on any atom is -0.466 e. The van der Waals surface area contributed by atoms with Gasteiger partial charge in [-0.15, -0.1) is 0 Å². The molecule has 4 nitrogen and oxygen atoms in total. The number of ketones is 1. The van der Waals surface area contributed by atoms with Crippen LogP contribution in [0.3, 0.4) is 0 Å². The third-order valence-corrected chi connectivity index (χ3v) is 0.699. The van der Waals surface area contributed by atoms with Gasteiger partial charge >= 0.3 is 5.97 Å². The normalized spacial score (nSPS) is 7.58. The van der Waals surface area contributed by atoms with Crippen molar-refractivity contribution >= 4 is 18.0 Å². The maximum Gasteiger partial charge on any atom is 0.313 e. The molecule has 69 valence electrons. The van der Waals surface area contributed by atoms with E-state index >= 15 is 0 Å². The van der Waals surface area contributed by atoms with Gasteiger partial charge in [0.1, 0.15) is 18.5 Å². The second kappa shape index (κ2) is 9.81. The van der Waals surface area contributed by atoms with Gasteiger partial charge in [-0.1, -0.05) is 0 Å². The molecule has 0 rings (SSSR count). The van der Waals surface area contributed by atoms with E-state index in [-0.39, 0.29) is 12.2 Å². The van der Waals surface area contributed by atoms with Crippen LogP contribution in [0.5, 0.6) is 0 Å². The Morgan fingerprint density at radius 1 is 1.50 bits per heavy atom. The first-order chi connectivity index (χ1) is 5.58. The highest BCUT2D eigenvalue weighted by molar-refractivity contribution is 5.94. The van der Waals surface area contributed by atoms with E-state index in [1.807, 2.05) is 0 Å². The molecular formula is C8H13O4. The first kappa shape index (κ1) is 13.4. The molecule has 0 fully saturated rings. The fourth-order valence-electron chi connectivity index (χ4n) is 0.415. The Balaban J connectivity index is 0. The van der Waals surface area contributed by atoms with Crippen molar-refractivity contribution in [3.63, 3.8) is 0 Å². The lowest BCUT2D eigenvalue weighted by molar-refractivity contribution is -0.145. The van der Waals surface area contributed by atoms with Crippen LogP contribution in [0.15, 0.2) is 0 Å². The molecule has 12 heavy (non-hydrogen) atoms. The Morgan fingerprint density at radius 3 is 2.17 bits per heavy atom. The van der Waals surface area contributed by atoms with Crippen molar-refractivity contribution in [2.75, 3.05) is 6.61 Å². The Bertz CT molecular complexity index is 151. The average molecular weight is 173 g/mol. The van der Waals surface area contributed by atoms with Crippen molar-refractivity contribution < 1.29 is 19.1 Å². The molecule has 0 heterocycles. The van der Waals surface area contributed by atoms with E-state index in [4.69, 9.17) is 4.79 Å². The molecule has 0 saturated heterocycles. The summed E-state index contributed by atoms with van der Waals surface area (Å²) in [7, 11) is 0. The zero-order valence-corrected chi connectivity index (χ0v) is 7.33. The number of rotatable bonds is 3. The van der Waals surface area contributed by atoms with Gasteiger partial charge in [0.05, 0.1) is 6.61 Å². The van der Waals surface area contributed by atoms with E-state index in [9.17, 15) is 9.59 Å². The van der Waals surface area contributed by atoms with Gasteiger partial charge in [0.15, 0.2) is 0 Å². The zero-order valence-electron chi connectivity index (χ0n) is 7.33. The topological polar surface area (TPSA) is 60.4 Å². The highest BCUT2D eigenvalue weighted by atomic mass is 16.5. The number of esters is 1. The molecule has 0 aliphatic heterocycles. The lowest BCUT2D eigenvalue weighted by Crippen LogP contribution is -2.07. The number of carbonyl (C=O) groups is 3. The van der Waals surface area contributed by atoms with Crippen LogP contribution in [0, 0.1) is 6.92 Å². The first-order valence-electron chi connectivity index (χ1n) is 3.46. The van der Waals surface area contributed by atoms with Crippen molar-refractivity contribution in [1.82, 2.24) is 0 Å². The van der Waals surface area contributed by atoms with Gasteiger partial charge in [-0.3, -0.25) is 9.59 Å². The van der Waals surface area contributed by atoms with Crippen LogP contribution in [0.25, 0.3) is 0 Å². The van der Waals surface area contributed by atoms with E-state index in [1.165, 1.54) is 6.92 Å². The molecule has 0 spiro atoms. The number of carbonyl (C=O) groups excluding carboxylic acids is 3. The number of hydrogen-bond donors (Lipinski definition) is 0. The molecule has 0 amide bonds. The Labute approximate surface area is 71.9 Å². The monoisotopic (exact) mass is 173 g/mol. The zero-order chi connectivity index (χ0) is 9.98. The summed E-state index contributed by atoms with van der Waals surface area (Å²) in [5, 5.41) is 0. The molecule has 1 radical (unpaired) electrons. The molecule has 4 heteroatoms. The van der Waals surface area contributed by atoms with E-state index in [0.29, 0.717) is 12.9 Å². The molecule has 0 aromatic carbocycles. The number of Topliss-reactive ketones (excluding diaryl/α,β-unsaturated/α-hetero) is 1. The van der Waals surface area contributed by atoms with Gasteiger partial charge in [-0.05, 0) is 13.8 Å². The second-order valence-electron chi connectivity index (χ2n) is 1.85. The van der Waals surface area contributed by atoms with Crippen LogP contribution in [0.2, 0.25) is 0 Å². The van der Waals surface area contributed by atoms with Gasteiger partial charge in [0.25, 0.3) is 0 Å². The molecule has 0 unspecified atom stereocenters. The van der Waals surface area contributed by atoms with Gasteiger partial charge in [-0.25, -0.2) is 0 Å². The third-order valence-electron chi connectivity index (χ3n) is 0.699. The van der Waals surface area contributed by atoms with Crippen molar-refractivity contribution in [3.8, 4) is 0 Å². The third kappa shape index (κ3) is 15.9. The van der Waals surface area contributed by atoms with E-state index < -0.39 is 5.97 Å². The molecule has 0 atom stereocenters. The molecular weight excluding hydrogens is 160 g/mol. The summed E-state index contributed by atoms with van der Waals surface area (Å²) in [5.74, 6) is -0.599. The molecule has 0 bridgehead atoms. The van der Waals surface area contributed by atoms with Crippen molar-refractivity contribution in [2.24, 2.45) is 0 Å². The van der Waals surface area contributed by atoms with Crippen molar-refractivity contribution in [3.05, 3.63) is 6.92 Å². The number of ether oxygens (including phenoxy) is 1. The summed E-state index contributed by atoms with van der Waals surface area (Å²) >= 11 is 0. The second-order valence-corrected chi connectivity index (χ2v) is 1.85.